The first kappa shape index (κ1) is 14.3. The second-order valence-electron chi connectivity index (χ2n) is 3.78. The van der Waals surface area contributed by atoms with E-state index >= 15 is 0 Å². The topological polar surface area (TPSA) is 70.8 Å². The number of hydrogen-bond donors (Lipinski definition) is 1. The third-order valence-electron chi connectivity index (χ3n) is 2.24. The predicted octanol–water partition coefficient (Wildman–Crippen LogP) is 1.62. The second-order valence-corrected chi connectivity index (χ2v) is 3.78. The Morgan fingerprint density at radius 1 is 1.17 bits per heavy atom. The maximum atomic E-state index is 11.3. The monoisotopic (exact) mass is 253 g/mol. The molecule has 18 heavy (non-hydrogen) atoms. The van der Waals surface area contributed by atoms with Crippen molar-refractivity contribution in [2.24, 2.45) is 0 Å². The van der Waals surface area contributed by atoms with Crippen molar-refractivity contribution in [3.05, 3.63) is 24.3 Å². The number of esters is 1. The van der Waals surface area contributed by atoms with Crippen molar-refractivity contribution in [2.45, 2.75) is 12.8 Å². The van der Waals surface area contributed by atoms with E-state index in [1.54, 1.807) is 31.4 Å². The first-order valence-electron chi connectivity index (χ1n) is 5.85. The van der Waals surface area contributed by atoms with Gasteiger partial charge in [-0.2, -0.15) is 0 Å². The first-order valence-corrected chi connectivity index (χ1v) is 5.85. The van der Waals surface area contributed by atoms with E-state index in [2.05, 4.69) is 0 Å². The molecule has 100 valence electrons. The van der Waals surface area contributed by atoms with Crippen LogP contribution in [0.15, 0.2) is 24.3 Å². The number of anilines is 1. The molecule has 0 heterocycles. The Labute approximate surface area is 107 Å². The van der Waals surface area contributed by atoms with Crippen molar-refractivity contribution in [1.82, 2.24) is 0 Å². The number of rotatable bonds is 8. The molecule has 0 aliphatic heterocycles. The van der Waals surface area contributed by atoms with Crippen LogP contribution in [0.3, 0.4) is 0 Å². The number of ether oxygens (including phenoxy) is 3. The zero-order valence-electron chi connectivity index (χ0n) is 10.6. The van der Waals surface area contributed by atoms with Gasteiger partial charge in [0.1, 0.15) is 5.75 Å². The Balaban J connectivity index is 2.11. The Kier molecular flexibility index (Phi) is 6.64. The molecule has 5 nitrogen and oxygen atoms in total. The van der Waals surface area contributed by atoms with Gasteiger partial charge in [0, 0.05) is 19.4 Å². The van der Waals surface area contributed by atoms with Crippen molar-refractivity contribution >= 4 is 11.7 Å². The van der Waals surface area contributed by atoms with Gasteiger partial charge in [-0.15, -0.1) is 0 Å². The van der Waals surface area contributed by atoms with Crippen LogP contribution in [-0.4, -0.2) is 32.9 Å². The van der Waals surface area contributed by atoms with Gasteiger partial charge in [0.2, 0.25) is 0 Å². The van der Waals surface area contributed by atoms with Gasteiger partial charge < -0.3 is 19.9 Å². The van der Waals surface area contributed by atoms with Crippen molar-refractivity contribution in [1.29, 1.82) is 0 Å². The van der Waals surface area contributed by atoms with E-state index in [-0.39, 0.29) is 12.6 Å². The van der Waals surface area contributed by atoms with Crippen LogP contribution >= 0.6 is 0 Å². The number of hydrogen-bond acceptors (Lipinski definition) is 5. The summed E-state index contributed by atoms with van der Waals surface area (Å²) in [5.74, 6) is 0.227. The number of methoxy groups -OCH3 is 1. The summed E-state index contributed by atoms with van der Waals surface area (Å²) in [5.41, 5.74) is 6.19. The van der Waals surface area contributed by atoms with Gasteiger partial charge >= 0.3 is 5.97 Å². The van der Waals surface area contributed by atoms with Gasteiger partial charge in [0.05, 0.1) is 6.61 Å². The summed E-state index contributed by atoms with van der Waals surface area (Å²) >= 11 is 0. The van der Waals surface area contributed by atoms with E-state index in [0.717, 1.165) is 12.8 Å². The smallest absolute Gasteiger partial charge is 0.344 e. The molecular formula is C13H19NO4. The highest BCUT2D eigenvalue weighted by molar-refractivity contribution is 5.71. The van der Waals surface area contributed by atoms with Crippen LogP contribution in [0.5, 0.6) is 5.75 Å². The summed E-state index contributed by atoms with van der Waals surface area (Å²) in [7, 11) is 1.65. The first-order chi connectivity index (χ1) is 8.72. The van der Waals surface area contributed by atoms with Crippen molar-refractivity contribution in [3.63, 3.8) is 0 Å². The van der Waals surface area contributed by atoms with E-state index in [1.165, 1.54) is 0 Å². The third kappa shape index (κ3) is 6.10. The molecule has 0 atom stereocenters. The molecule has 0 aliphatic rings. The number of nitrogen functional groups attached to an aromatic ring is 1. The SMILES string of the molecule is COCCCCOC(=O)COc1ccc(N)cc1. The fourth-order valence-corrected chi connectivity index (χ4v) is 1.28. The van der Waals surface area contributed by atoms with E-state index in [1.807, 2.05) is 0 Å². The molecule has 5 heteroatoms. The standard InChI is InChI=1S/C13H19NO4/c1-16-8-2-3-9-17-13(15)10-18-12-6-4-11(14)5-7-12/h4-7H,2-3,8-10,14H2,1H3. The van der Waals surface area contributed by atoms with Gasteiger partial charge in [-0.05, 0) is 37.1 Å². The lowest BCUT2D eigenvalue weighted by atomic mass is 10.3. The fourth-order valence-electron chi connectivity index (χ4n) is 1.28. The van der Waals surface area contributed by atoms with E-state index in [9.17, 15) is 4.79 Å². The molecule has 0 radical (unpaired) electrons. The Hall–Kier alpha value is -1.75. The molecule has 0 aromatic heterocycles. The summed E-state index contributed by atoms with van der Waals surface area (Å²) in [6, 6.07) is 6.85. The molecule has 0 unspecified atom stereocenters. The van der Waals surface area contributed by atoms with Crippen LogP contribution in [0.1, 0.15) is 12.8 Å². The predicted molar refractivity (Wildman–Crippen MR) is 68.4 cm³/mol. The molecule has 0 saturated carbocycles. The fraction of sp³-hybridized carbons (Fsp3) is 0.462. The molecular weight excluding hydrogens is 234 g/mol. The maximum absolute atomic E-state index is 11.3. The number of unbranched alkanes of at least 4 members (excludes halogenated alkanes) is 1. The summed E-state index contributed by atoms with van der Waals surface area (Å²) in [4.78, 5) is 11.3. The minimum atomic E-state index is -0.371. The molecule has 1 aromatic carbocycles. The largest absolute Gasteiger partial charge is 0.482 e. The van der Waals surface area contributed by atoms with Crippen molar-refractivity contribution < 1.29 is 19.0 Å². The van der Waals surface area contributed by atoms with Crippen LogP contribution in [0.4, 0.5) is 5.69 Å². The highest BCUT2D eigenvalue weighted by Crippen LogP contribution is 2.12. The lowest BCUT2D eigenvalue weighted by Gasteiger charge is -2.07. The van der Waals surface area contributed by atoms with E-state index < -0.39 is 0 Å². The molecule has 0 spiro atoms. The molecule has 2 N–H and O–H groups in total. The quantitative estimate of drug-likeness (QED) is 0.433. The average molecular weight is 253 g/mol. The number of carbonyl (C=O) groups is 1. The van der Waals surface area contributed by atoms with Crippen LogP contribution in [0.2, 0.25) is 0 Å². The van der Waals surface area contributed by atoms with Crippen LogP contribution in [0, 0.1) is 0 Å². The third-order valence-corrected chi connectivity index (χ3v) is 2.24. The van der Waals surface area contributed by atoms with Crippen LogP contribution in [-0.2, 0) is 14.3 Å². The molecule has 0 aliphatic carbocycles. The highest BCUT2D eigenvalue weighted by atomic mass is 16.6. The van der Waals surface area contributed by atoms with Crippen LogP contribution in [0.25, 0.3) is 0 Å². The molecule has 0 saturated heterocycles. The summed E-state index contributed by atoms with van der Waals surface area (Å²) in [6.45, 7) is 0.987. The lowest BCUT2D eigenvalue weighted by Crippen LogP contribution is -2.15. The van der Waals surface area contributed by atoms with E-state index in [0.29, 0.717) is 24.7 Å². The van der Waals surface area contributed by atoms with Crippen molar-refractivity contribution in [2.75, 3.05) is 32.7 Å². The number of benzene rings is 1. The zero-order valence-corrected chi connectivity index (χ0v) is 10.6. The summed E-state index contributed by atoms with van der Waals surface area (Å²) in [5, 5.41) is 0. The second kappa shape index (κ2) is 8.36. The summed E-state index contributed by atoms with van der Waals surface area (Å²) < 4.78 is 15.1. The van der Waals surface area contributed by atoms with Gasteiger partial charge in [-0.1, -0.05) is 0 Å². The molecule has 0 fully saturated rings. The van der Waals surface area contributed by atoms with E-state index in [4.69, 9.17) is 19.9 Å². The minimum absolute atomic E-state index is 0.0891. The molecule has 0 amide bonds. The minimum Gasteiger partial charge on any atom is -0.482 e. The summed E-state index contributed by atoms with van der Waals surface area (Å²) in [6.07, 6.45) is 1.67. The normalized spacial score (nSPS) is 10.1. The number of nitrogens with two attached hydrogens (primary N) is 1. The average Bonchev–Trinajstić information content (AvgIpc) is 2.38. The van der Waals surface area contributed by atoms with Gasteiger partial charge in [0.15, 0.2) is 6.61 Å². The number of carbonyl (C=O) groups excluding carboxylic acids is 1. The van der Waals surface area contributed by atoms with Crippen molar-refractivity contribution in [3.8, 4) is 5.75 Å². The Bertz CT molecular complexity index is 351. The van der Waals surface area contributed by atoms with Crippen LogP contribution < -0.4 is 10.5 Å². The zero-order chi connectivity index (χ0) is 13.2. The Morgan fingerprint density at radius 3 is 2.50 bits per heavy atom. The molecule has 0 bridgehead atoms. The van der Waals surface area contributed by atoms with Gasteiger partial charge in [0.25, 0.3) is 0 Å². The Morgan fingerprint density at radius 2 is 1.83 bits per heavy atom. The van der Waals surface area contributed by atoms with Gasteiger partial charge in [-0.25, -0.2) is 4.79 Å². The lowest BCUT2D eigenvalue weighted by molar-refractivity contribution is -0.146. The molecule has 1 aromatic rings. The highest BCUT2D eigenvalue weighted by Gasteiger charge is 2.03. The molecule has 1 rings (SSSR count). The maximum Gasteiger partial charge on any atom is 0.344 e. The van der Waals surface area contributed by atoms with Gasteiger partial charge in [-0.3, -0.25) is 0 Å².